The minimum atomic E-state index is -7.10. The van der Waals surface area contributed by atoms with Gasteiger partial charge in [-0.05, 0) is 69.1 Å². The molecule has 1 heterocycles. The first kappa shape index (κ1) is 41.8. The van der Waals surface area contributed by atoms with Crippen LogP contribution in [0.3, 0.4) is 0 Å². The summed E-state index contributed by atoms with van der Waals surface area (Å²) in [7, 11) is -20.6. The van der Waals surface area contributed by atoms with Crippen molar-refractivity contribution >= 4 is 49.3 Å². The predicted octanol–water partition coefficient (Wildman–Crippen LogP) is 12.0. The van der Waals surface area contributed by atoms with Gasteiger partial charge in [-0.15, -0.1) is 4.49 Å². The van der Waals surface area contributed by atoms with Crippen molar-refractivity contribution < 1.29 is 78.6 Å². The molecule has 0 saturated heterocycles. The largest absolute Gasteiger partial charge is 0.518 e. The zero-order valence-electron chi connectivity index (χ0n) is 28.6. The summed E-state index contributed by atoms with van der Waals surface area (Å²) in [6, 6.07) is 19.5. The Bertz CT molecular complexity index is 2800. The summed E-state index contributed by atoms with van der Waals surface area (Å²) in [6.45, 7) is 0. The van der Waals surface area contributed by atoms with Crippen LogP contribution in [0.25, 0.3) is 54.9 Å². The van der Waals surface area contributed by atoms with Gasteiger partial charge in [0, 0.05) is 22.3 Å². The van der Waals surface area contributed by atoms with Gasteiger partial charge in [-0.2, -0.15) is 61.1 Å². The molecule has 0 saturated carbocycles. The second kappa shape index (κ2) is 13.9. The highest BCUT2D eigenvalue weighted by Crippen LogP contribution is 2.64. The van der Waals surface area contributed by atoms with Crippen LogP contribution in [-0.4, -0.2) is 27.9 Å². The van der Waals surface area contributed by atoms with E-state index in [0.717, 1.165) is 28.8 Å². The Balaban J connectivity index is 1.73. The predicted molar refractivity (Wildman–Crippen MR) is 191 cm³/mol. The van der Waals surface area contributed by atoms with Gasteiger partial charge >= 0.3 is 51.1 Å². The summed E-state index contributed by atoms with van der Waals surface area (Å²) in [5, 5.41) is 0.465. The van der Waals surface area contributed by atoms with Gasteiger partial charge in [0.2, 0.25) is 0 Å². The summed E-state index contributed by atoms with van der Waals surface area (Å²) in [5.41, 5.74) is -17.3. The highest BCUT2D eigenvalue weighted by molar-refractivity contribution is 7.99. The topological polar surface area (TPSA) is 111 Å². The van der Waals surface area contributed by atoms with Crippen LogP contribution < -0.4 is 13.5 Å². The average molecular weight is 899 g/mol. The van der Waals surface area contributed by atoms with Crippen molar-refractivity contribution in [3.8, 4) is 44.9 Å². The van der Waals surface area contributed by atoms with Crippen molar-refractivity contribution in [2.75, 3.05) is 0 Å². The number of fused-ring (bicyclic) bond motifs is 7. The van der Waals surface area contributed by atoms with Crippen molar-refractivity contribution in [2.45, 2.75) is 23.4 Å². The van der Waals surface area contributed by atoms with Crippen LogP contribution in [0, 0.1) is 0 Å². The van der Waals surface area contributed by atoms with Crippen LogP contribution in [0.15, 0.2) is 113 Å². The molecule has 0 atom stereocenters. The minimum absolute atomic E-state index is 0.0371. The highest BCUT2D eigenvalue weighted by Gasteiger charge is 2.55. The van der Waals surface area contributed by atoms with Gasteiger partial charge in [0.15, 0.2) is 0 Å². The maximum absolute atomic E-state index is 14.2. The number of nitrogens with one attached hydrogen (secondary N) is 1. The quantitative estimate of drug-likeness (QED) is 0.136. The zero-order valence-corrected chi connectivity index (χ0v) is 31.1. The van der Waals surface area contributed by atoms with Crippen LogP contribution in [0.5, 0.6) is 11.5 Å². The van der Waals surface area contributed by atoms with E-state index in [4.69, 9.17) is 9.05 Å². The lowest BCUT2D eigenvalue weighted by molar-refractivity contribution is -0.138. The molecule has 7 rings (SSSR count). The Morgan fingerprint density at radius 3 is 1.22 bits per heavy atom. The Hall–Kier alpha value is -5.31. The molecule has 59 heavy (non-hydrogen) atoms. The molecule has 8 nitrogen and oxygen atoms in total. The fraction of sp³-hybridized carbons (Fsp3) is 0.111. The van der Waals surface area contributed by atoms with E-state index in [9.17, 15) is 69.5 Å². The van der Waals surface area contributed by atoms with Crippen molar-refractivity contribution in [2.24, 2.45) is 4.15 Å². The van der Waals surface area contributed by atoms with E-state index in [0.29, 0.717) is 24.3 Å². The van der Waals surface area contributed by atoms with E-state index in [1.54, 1.807) is 0 Å². The van der Waals surface area contributed by atoms with Gasteiger partial charge in [0.05, 0.1) is 11.1 Å². The van der Waals surface area contributed by atoms with E-state index in [1.807, 2.05) is 0 Å². The highest BCUT2D eigenvalue weighted by atomic mass is 32.2. The van der Waals surface area contributed by atoms with E-state index in [1.165, 1.54) is 60.7 Å². The average Bonchev–Trinajstić information content (AvgIpc) is 3.27. The van der Waals surface area contributed by atoms with Crippen LogP contribution in [0.2, 0.25) is 0 Å². The molecule has 0 amide bonds. The number of sulfonamides is 2. The second-order valence-electron chi connectivity index (χ2n) is 12.6. The normalized spacial score (nSPS) is 14.8. The summed E-state index contributed by atoms with van der Waals surface area (Å²) >= 11 is 0. The number of nitrogens with zero attached hydrogens (tertiary/aromatic N) is 1. The molecule has 0 bridgehead atoms. The minimum Gasteiger partial charge on any atom is -0.416 e. The van der Waals surface area contributed by atoms with Gasteiger partial charge in [0.1, 0.15) is 11.5 Å². The molecule has 1 aliphatic heterocycles. The van der Waals surface area contributed by atoms with E-state index in [-0.39, 0.29) is 43.8 Å². The lowest BCUT2D eigenvalue weighted by Crippen LogP contribution is -2.37. The van der Waals surface area contributed by atoms with Crippen molar-refractivity contribution in [1.29, 1.82) is 0 Å². The summed E-state index contributed by atoms with van der Waals surface area (Å²) in [4.78, 5) is 0. The molecule has 0 unspecified atom stereocenters. The Labute approximate surface area is 324 Å². The molecule has 23 heteroatoms. The molecule has 1 aliphatic rings. The lowest BCUT2D eigenvalue weighted by atomic mass is 9.86. The smallest absolute Gasteiger partial charge is 0.416 e. The first-order valence-electron chi connectivity index (χ1n) is 16.1. The standard InChI is InChI=1S/C36H19F12N2O6PS2/c37-33(38,39)23-13-9-19(10-14-23)27-17-21-5-1-3-7-25(21)29-30-26-8-4-2-6-22(26)18-28(20-11-15-24(16-12-20)34(40,41)42)32(30)56-57(55-31(27)29,49-58(51,52)35(43,44)45)50-59(53,54)36(46,47)48/h1-18,49H. The number of hydrogen-bond acceptors (Lipinski definition) is 6. The van der Waals surface area contributed by atoms with E-state index < -0.39 is 84.8 Å². The second-order valence-corrected chi connectivity index (χ2v) is 18.3. The fourth-order valence-corrected chi connectivity index (χ4v) is 11.2. The summed E-state index contributed by atoms with van der Waals surface area (Å²) in [5.74, 6) is -1.81. The first-order chi connectivity index (χ1) is 27.2. The SMILES string of the molecule is O=S(=O)(N=P1(NS(=O)(=O)C(F)(F)F)Oc2c(-c3ccc(C(F)(F)F)cc3)cc3ccccc3c2-c2c(c(-c3ccc(C(F)(F)F)cc3)cc3ccccc23)O1)C(F)(F)F. The van der Waals surface area contributed by atoms with E-state index >= 15 is 0 Å². The Kier molecular flexibility index (Phi) is 9.85. The van der Waals surface area contributed by atoms with Crippen LogP contribution >= 0.6 is 7.66 Å². The third kappa shape index (κ3) is 7.69. The molecule has 6 aromatic carbocycles. The van der Waals surface area contributed by atoms with Gasteiger partial charge in [-0.25, -0.2) is 8.42 Å². The Morgan fingerprint density at radius 2 is 0.881 bits per heavy atom. The van der Waals surface area contributed by atoms with Gasteiger partial charge < -0.3 is 9.05 Å². The van der Waals surface area contributed by atoms with Crippen molar-refractivity contribution in [3.05, 3.63) is 120 Å². The van der Waals surface area contributed by atoms with Gasteiger partial charge in [-0.3, -0.25) is 0 Å². The van der Waals surface area contributed by atoms with Gasteiger partial charge in [0.25, 0.3) is 0 Å². The number of rotatable bonds is 5. The monoisotopic (exact) mass is 898 g/mol. The molecule has 1 N–H and O–H groups in total. The summed E-state index contributed by atoms with van der Waals surface area (Å²) in [6.07, 6.45) is -9.78. The van der Waals surface area contributed by atoms with E-state index in [2.05, 4.69) is 4.15 Å². The van der Waals surface area contributed by atoms with Crippen LogP contribution in [0.1, 0.15) is 11.1 Å². The number of alkyl halides is 12. The Morgan fingerprint density at radius 1 is 0.508 bits per heavy atom. The third-order valence-corrected chi connectivity index (χ3v) is 14.4. The fourth-order valence-electron chi connectivity index (χ4n) is 6.19. The maximum atomic E-state index is 14.2. The lowest BCUT2D eigenvalue weighted by Gasteiger charge is -2.26. The van der Waals surface area contributed by atoms with Crippen LogP contribution in [0.4, 0.5) is 52.7 Å². The number of benzene rings is 6. The van der Waals surface area contributed by atoms with Crippen molar-refractivity contribution in [3.63, 3.8) is 0 Å². The molecular weight excluding hydrogens is 879 g/mol. The molecule has 6 aromatic rings. The molecule has 0 spiro atoms. The molecule has 0 aromatic heterocycles. The molecule has 0 fully saturated rings. The van der Waals surface area contributed by atoms with Crippen LogP contribution in [-0.2, 0) is 32.4 Å². The number of hydrogen-bond donors (Lipinski definition) is 1. The van der Waals surface area contributed by atoms with Crippen molar-refractivity contribution in [1.82, 2.24) is 4.49 Å². The molecule has 310 valence electrons. The molecular formula is C36H19F12N2O6PS2. The maximum Gasteiger partial charge on any atom is 0.518 e. The molecule has 0 aliphatic carbocycles. The number of halogens is 12. The van der Waals surface area contributed by atoms with Gasteiger partial charge in [-0.1, -0.05) is 76.9 Å². The zero-order chi connectivity index (χ0) is 43.1. The summed E-state index contributed by atoms with van der Waals surface area (Å²) < 4.78 is 233. The third-order valence-electron chi connectivity index (χ3n) is 8.78. The molecule has 0 radical (unpaired) electrons. The first-order valence-corrected chi connectivity index (χ1v) is 20.6.